The summed E-state index contributed by atoms with van der Waals surface area (Å²) in [5.74, 6) is 0. The highest BCUT2D eigenvalue weighted by atomic mass is 16.3. The Kier molecular flexibility index (Phi) is 6.36. The fourth-order valence-electron chi connectivity index (χ4n) is 3.70. The van der Waals surface area contributed by atoms with Gasteiger partial charge in [0, 0.05) is 0 Å². The maximum absolute atomic E-state index is 11.0. The Morgan fingerprint density at radius 3 is 0.909 bits per heavy atom. The number of nitrogens with zero attached hydrogens (tertiary/aromatic N) is 3. The molecule has 4 rings (SSSR count). The van der Waals surface area contributed by atoms with Gasteiger partial charge >= 0.3 is 0 Å². The number of hydrogen-bond donors (Lipinski definition) is 0. The summed E-state index contributed by atoms with van der Waals surface area (Å²) >= 11 is 0. The Bertz CT molecular complexity index is 1270. The summed E-state index contributed by atoms with van der Waals surface area (Å²) < 4.78 is 0. The molecular weight excluding hydrogens is 414 g/mol. The van der Waals surface area contributed by atoms with Crippen molar-refractivity contribution in [3.63, 3.8) is 0 Å². The molecule has 0 saturated heterocycles. The molecule has 4 aromatic carbocycles. The molecule has 0 saturated carbocycles. The second kappa shape index (κ2) is 9.70. The van der Waals surface area contributed by atoms with Crippen LogP contribution >= 0.6 is 0 Å². The lowest BCUT2D eigenvalue weighted by molar-refractivity contribution is 1.42. The lowest BCUT2D eigenvalue weighted by Crippen LogP contribution is -1.97. The third kappa shape index (κ3) is 4.70. The average molecular weight is 433 g/mol. The van der Waals surface area contributed by atoms with E-state index in [2.05, 4.69) is 15.5 Å². The number of benzene rings is 4. The third-order valence-electron chi connectivity index (χ3n) is 5.37. The standard InChI is InChI=1S/C27H19N3O3/c1-18-2-4-19(5-3-18)26(20-6-12-23(28-31)13-7-20)27(21-8-14-24(29-32)15-9-21)22-10-16-25(30-33)17-11-22/h2-17H,1H3. The number of rotatable bonds is 7. The Balaban J connectivity index is 2.06. The molecule has 0 aromatic heterocycles. The zero-order chi connectivity index (χ0) is 23.2. The van der Waals surface area contributed by atoms with Crippen LogP contribution in [0.2, 0.25) is 0 Å². The van der Waals surface area contributed by atoms with Crippen LogP contribution in [-0.4, -0.2) is 0 Å². The quantitative estimate of drug-likeness (QED) is 0.217. The first-order chi connectivity index (χ1) is 16.1. The molecule has 4 aromatic rings. The first-order valence-corrected chi connectivity index (χ1v) is 10.3. The molecule has 6 nitrogen and oxygen atoms in total. The van der Waals surface area contributed by atoms with E-state index in [1.54, 1.807) is 36.4 Å². The summed E-state index contributed by atoms with van der Waals surface area (Å²) in [5, 5.41) is 9.02. The summed E-state index contributed by atoms with van der Waals surface area (Å²) in [5.41, 5.74) is 7.52. The molecule has 0 heterocycles. The van der Waals surface area contributed by atoms with E-state index in [1.807, 2.05) is 67.6 Å². The fraction of sp³-hybridized carbons (Fsp3) is 0.0370. The van der Waals surface area contributed by atoms with Crippen molar-refractivity contribution in [1.29, 1.82) is 0 Å². The molecule has 6 heteroatoms. The molecule has 160 valence electrons. The lowest BCUT2D eigenvalue weighted by Gasteiger charge is -2.18. The summed E-state index contributed by atoms with van der Waals surface area (Å²) in [6.07, 6.45) is 0. The predicted octanol–water partition coefficient (Wildman–Crippen LogP) is 8.20. The van der Waals surface area contributed by atoms with Gasteiger partial charge in [0.15, 0.2) is 0 Å². The monoisotopic (exact) mass is 433 g/mol. The van der Waals surface area contributed by atoms with E-state index >= 15 is 0 Å². The van der Waals surface area contributed by atoms with E-state index in [-0.39, 0.29) is 0 Å². The Morgan fingerprint density at radius 2 is 0.667 bits per heavy atom. The molecular formula is C27H19N3O3. The van der Waals surface area contributed by atoms with E-state index in [0.717, 1.165) is 39.0 Å². The Hall–Kier alpha value is -4.58. The third-order valence-corrected chi connectivity index (χ3v) is 5.37. The van der Waals surface area contributed by atoms with Gasteiger partial charge in [-0.2, -0.15) is 0 Å². The predicted molar refractivity (Wildman–Crippen MR) is 132 cm³/mol. The molecule has 33 heavy (non-hydrogen) atoms. The second-order valence-electron chi connectivity index (χ2n) is 7.53. The van der Waals surface area contributed by atoms with Crippen LogP contribution < -0.4 is 0 Å². The minimum absolute atomic E-state index is 0.330. The van der Waals surface area contributed by atoms with Crippen LogP contribution in [0.1, 0.15) is 27.8 Å². The zero-order valence-electron chi connectivity index (χ0n) is 17.8. The second-order valence-corrected chi connectivity index (χ2v) is 7.53. The van der Waals surface area contributed by atoms with E-state index in [4.69, 9.17) is 0 Å². The average Bonchev–Trinajstić information content (AvgIpc) is 2.88. The Morgan fingerprint density at radius 1 is 0.424 bits per heavy atom. The largest absolute Gasteiger partial charge is 0.145 e. The van der Waals surface area contributed by atoms with Crippen LogP contribution in [-0.2, 0) is 0 Å². The SMILES string of the molecule is Cc1ccc(C(=C(c2ccc(N=O)cc2)c2ccc(N=O)cc2)c2ccc(N=O)cc2)cc1. The van der Waals surface area contributed by atoms with Crippen LogP contribution in [0, 0.1) is 21.6 Å². The molecule has 0 bridgehead atoms. The molecule has 0 atom stereocenters. The molecule has 0 radical (unpaired) electrons. The molecule has 0 unspecified atom stereocenters. The molecule has 0 N–H and O–H groups in total. The number of nitroso groups, excluding NO2 is 3. The first-order valence-electron chi connectivity index (χ1n) is 10.3. The van der Waals surface area contributed by atoms with Crippen LogP contribution in [0.3, 0.4) is 0 Å². The van der Waals surface area contributed by atoms with Crippen molar-refractivity contribution in [2.75, 3.05) is 0 Å². The van der Waals surface area contributed by atoms with E-state index < -0.39 is 0 Å². The van der Waals surface area contributed by atoms with Crippen molar-refractivity contribution in [3.8, 4) is 0 Å². The smallest absolute Gasteiger partial charge is 0.108 e. The normalized spacial score (nSPS) is 10.3. The lowest BCUT2D eigenvalue weighted by atomic mass is 9.85. The first kappa shape index (κ1) is 21.6. The molecule has 0 aliphatic carbocycles. The minimum atomic E-state index is 0.330. The summed E-state index contributed by atoms with van der Waals surface area (Å²) in [6, 6.07) is 29.2. The van der Waals surface area contributed by atoms with E-state index in [0.29, 0.717) is 17.1 Å². The highest BCUT2D eigenvalue weighted by molar-refractivity contribution is 6.04. The van der Waals surface area contributed by atoms with Gasteiger partial charge in [0.05, 0.1) is 0 Å². The van der Waals surface area contributed by atoms with Gasteiger partial charge in [-0.1, -0.05) is 66.2 Å². The topological polar surface area (TPSA) is 88.3 Å². The maximum Gasteiger partial charge on any atom is 0.108 e. The highest BCUT2D eigenvalue weighted by Crippen LogP contribution is 2.38. The van der Waals surface area contributed by atoms with Gasteiger partial charge in [-0.15, -0.1) is 14.7 Å². The van der Waals surface area contributed by atoms with Gasteiger partial charge in [-0.05, 0) is 92.3 Å². The molecule has 0 fully saturated rings. The highest BCUT2D eigenvalue weighted by Gasteiger charge is 2.17. The van der Waals surface area contributed by atoms with Crippen LogP contribution in [0.25, 0.3) is 11.1 Å². The van der Waals surface area contributed by atoms with Crippen molar-refractivity contribution in [2.45, 2.75) is 6.92 Å². The molecule has 0 amide bonds. The van der Waals surface area contributed by atoms with Crippen molar-refractivity contribution in [1.82, 2.24) is 0 Å². The van der Waals surface area contributed by atoms with E-state index in [9.17, 15) is 14.7 Å². The van der Waals surface area contributed by atoms with Gasteiger partial charge in [0.25, 0.3) is 0 Å². The summed E-state index contributed by atoms with van der Waals surface area (Å²) in [6.45, 7) is 2.02. The molecule has 0 spiro atoms. The number of aryl methyl sites for hydroxylation is 1. The van der Waals surface area contributed by atoms with Crippen molar-refractivity contribution in [3.05, 3.63) is 140 Å². The van der Waals surface area contributed by atoms with Gasteiger partial charge in [-0.3, -0.25) is 0 Å². The van der Waals surface area contributed by atoms with Gasteiger partial charge in [0.1, 0.15) is 17.1 Å². The molecule has 0 aliphatic rings. The maximum atomic E-state index is 11.0. The van der Waals surface area contributed by atoms with Crippen molar-refractivity contribution < 1.29 is 0 Å². The van der Waals surface area contributed by atoms with Crippen molar-refractivity contribution in [2.24, 2.45) is 15.5 Å². The summed E-state index contributed by atoms with van der Waals surface area (Å²) in [4.78, 5) is 32.9. The van der Waals surface area contributed by atoms with Gasteiger partial charge < -0.3 is 0 Å². The zero-order valence-corrected chi connectivity index (χ0v) is 17.8. The number of hydrogen-bond acceptors (Lipinski definition) is 6. The minimum Gasteiger partial charge on any atom is -0.145 e. The summed E-state index contributed by atoms with van der Waals surface area (Å²) in [7, 11) is 0. The fourth-order valence-corrected chi connectivity index (χ4v) is 3.70. The van der Waals surface area contributed by atoms with Gasteiger partial charge in [-0.25, -0.2) is 0 Å². The molecule has 0 aliphatic heterocycles. The Labute approximate surface area is 190 Å². The van der Waals surface area contributed by atoms with Gasteiger partial charge in [0.2, 0.25) is 0 Å². The van der Waals surface area contributed by atoms with Crippen LogP contribution in [0.15, 0.2) is 113 Å². The van der Waals surface area contributed by atoms with Crippen LogP contribution in [0.5, 0.6) is 0 Å². The van der Waals surface area contributed by atoms with Crippen molar-refractivity contribution >= 4 is 28.2 Å². The van der Waals surface area contributed by atoms with Crippen LogP contribution in [0.4, 0.5) is 17.1 Å². The van der Waals surface area contributed by atoms with E-state index in [1.165, 1.54) is 0 Å².